The summed E-state index contributed by atoms with van der Waals surface area (Å²) in [4.78, 5) is 22.9. The molecule has 0 aromatic heterocycles. The first-order chi connectivity index (χ1) is 9.56. The maximum atomic E-state index is 12.0. The molecule has 1 aliphatic rings. The zero-order valence-corrected chi connectivity index (χ0v) is 11.8. The Kier molecular flexibility index (Phi) is 4.94. The number of rotatable bonds is 3. The van der Waals surface area contributed by atoms with Crippen LogP contribution in [0.2, 0.25) is 5.02 Å². The highest BCUT2D eigenvalue weighted by Gasteiger charge is 2.21. The lowest BCUT2D eigenvalue weighted by Gasteiger charge is -2.22. The monoisotopic (exact) mass is 297 g/mol. The normalized spacial score (nSPS) is 18.4. The van der Waals surface area contributed by atoms with Gasteiger partial charge in [-0.3, -0.25) is 9.59 Å². The van der Waals surface area contributed by atoms with Gasteiger partial charge in [-0.15, -0.1) is 0 Å². The van der Waals surface area contributed by atoms with E-state index in [0.29, 0.717) is 29.5 Å². The fourth-order valence-corrected chi connectivity index (χ4v) is 2.07. The Morgan fingerprint density at radius 1 is 1.40 bits per heavy atom. The molecule has 20 heavy (non-hydrogen) atoms. The average molecular weight is 298 g/mol. The van der Waals surface area contributed by atoms with Crippen molar-refractivity contribution in [3.63, 3.8) is 0 Å². The van der Waals surface area contributed by atoms with Crippen LogP contribution in [0.25, 0.3) is 0 Å². The Morgan fingerprint density at radius 3 is 2.80 bits per heavy atom. The Morgan fingerprint density at radius 2 is 2.20 bits per heavy atom. The lowest BCUT2D eigenvalue weighted by Crippen LogP contribution is -2.45. The van der Waals surface area contributed by atoms with Crippen molar-refractivity contribution in [1.29, 1.82) is 0 Å². The molecule has 1 aromatic rings. The first kappa shape index (κ1) is 14.8. The van der Waals surface area contributed by atoms with Crippen molar-refractivity contribution in [2.24, 2.45) is 0 Å². The molecule has 2 amide bonds. The zero-order valence-electron chi connectivity index (χ0n) is 11.0. The van der Waals surface area contributed by atoms with E-state index in [-0.39, 0.29) is 11.8 Å². The first-order valence-electron chi connectivity index (χ1n) is 6.26. The van der Waals surface area contributed by atoms with Crippen molar-refractivity contribution < 1.29 is 14.3 Å². The summed E-state index contributed by atoms with van der Waals surface area (Å²) < 4.78 is 5.35. The predicted octanol–water partition coefficient (Wildman–Crippen LogP) is 1.23. The van der Waals surface area contributed by atoms with Crippen molar-refractivity contribution >= 4 is 34.8 Å². The van der Waals surface area contributed by atoms with Gasteiger partial charge in [-0.2, -0.15) is 0 Å². The molecule has 3 N–H and O–H groups in total. The second kappa shape index (κ2) is 6.69. The lowest BCUT2D eigenvalue weighted by atomic mass is 10.2. The highest BCUT2D eigenvalue weighted by molar-refractivity contribution is 6.34. The topological polar surface area (TPSA) is 79.5 Å². The van der Waals surface area contributed by atoms with E-state index < -0.39 is 6.10 Å². The van der Waals surface area contributed by atoms with Gasteiger partial charge in [0.25, 0.3) is 5.91 Å². The van der Waals surface area contributed by atoms with Gasteiger partial charge in [-0.1, -0.05) is 11.6 Å². The quantitative estimate of drug-likeness (QED) is 0.784. The number of carbonyl (C=O) groups is 2. The molecule has 0 spiro atoms. The van der Waals surface area contributed by atoms with Crippen molar-refractivity contribution in [2.75, 3.05) is 30.3 Å². The number of amides is 2. The number of nitrogens with one attached hydrogen (secondary N) is 3. The Bertz CT molecular complexity index is 516. The van der Waals surface area contributed by atoms with Crippen LogP contribution in [-0.2, 0) is 14.3 Å². The average Bonchev–Trinajstić information content (AvgIpc) is 2.42. The number of carbonyl (C=O) groups excluding carboxylic acids is 2. The van der Waals surface area contributed by atoms with E-state index in [1.54, 1.807) is 18.2 Å². The Labute approximate surface area is 121 Å². The molecule has 0 bridgehead atoms. The van der Waals surface area contributed by atoms with Gasteiger partial charge in [0.2, 0.25) is 5.91 Å². The minimum atomic E-state index is -0.502. The summed E-state index contributed by atoms with van der Waals surface area (Å²) in [6.45, 7) is 3.16. The minimum Gasteiger partial charge on any atom is -0.366 e. The second-order valence-corrected chi connectivity index (χ2v) is 4.84. The van der Waals surface area contributed by atoms with Crippen LogP contribution in [0.15, 0.2) is 18.2 Å². The van der Waals surface area contributed by atoms with E-state index >= 15 is 0 Å². The molecule has 1 atom stereocenters. The van der Waals surface area contributed by atoms with Gasteiger partial charge < -0.3 is 20.7 Å². The molecule has 0 saturated carbocycles. The first-order valence-corrected chi connectivity index (χ1v) is 6.64. The number of ether oxygens (including phenoxy) is 1. The molecule has 108 valence electrons. The number of hydrogen-bond acceptors (Lipinski definition) is 4. The summed E-state index contributed by atoms with van der Waals surface area (Å²) in [6.07, 6.45) is -0.502. The summed E-state index contributed by atoms with van der Waals surface area (Å²) in [7, 11) is 0. The van der Waals surface area contributed by atoms with Gasteiger partial charge in [-0.05, 0) is 18.2 Å². The van der Waals surface area contributed by atoms with Gasteiger partial charge in [-0.25, -0.2) is 0 Å². The summed E-state index contributed by atoms with van der Waals surface area (Å²) >= 11 is 6.03. The zero-order chi connectivity index (χ0) is 14.5. The molecule has 1 unspecified atom stereocenters. The molecule has 0 aliphatic carbocycles. The van der Waals surface area contributed by atoms with E-state index in [0.717, 1.165) is 6.54 Å². The summed E-state index contributed by atoms with van der Waals surface area (Å²) in [5, 5.41) is 8.78. The number of benzene rings is 1. The minimum absolute atomic E-state index is 0.203. The predicted molar refractivity (Wildman–Crippen MR) is 77.0 cm³/mol. The van der Waals surface area contributed by atoms with E-state index in [1.165, 1.54) is 6.92 Å². The van der Waals surface area contributed by atoms with Crippen molar-refractivity contribution in [3.8, 4) is 0 Å². The molecular weight excluding hydrogens is 282 g/mol. The van der Waals surface area contributed by atoms with Crippen molar-refractivity contribution in [3.05, 3.63) is 23.2 Å². The van der Waals surface area contributed by atoms with Gasteiger partial charge in [0.05, 0.1) is 17.3 Å². The van der Waals surface area contributed by atoms with Crippen molar-refractivity contribution in [1.82, 2.24) is 5.32 Å². The van der Waals surface area contributed by atoms with Crippen LogP contribution in [0.1, 0.15) is 6.92 Å². The van der Waals surface area contributed by atoms with Gasteiger partial charge in [0, 0.05) is 25.7 Å². The number of halogens is 1. The van der Waals surface area contributed by atoms with Crippen LogP contribution >= 0.6 is 11.6 Å². The van der Waals surface area contributed by atoms with Gasteiger partial charge in [0.1, 0.15) is 6.10 Å². The third-order valence-corrected chi connectivity index (χ3v) is 3.08. The molecule has 0 radical (unpaired) electrons. The van der Waals surface area contributed by atoms with E-state index in [2.05, 4.69) is 16.0 Å². The molecule has 1 aliphatic heterocycles. The highest BCUT2D eigenvalue weighted by atomic mass is 35.5. The fraction of sp³-hybridized carbons (Fsp3) is 0.385. The van der Waals surface area contributed by atoms with E-state index in [4.69, 9.17) is 16.3 Å². The number of morpholine rings is 1. The molecule has 1 fully saturated rings. The van der Waals surface area contributed by atoms with Crippen LogP contribution in [0.5, 0.6) is 0 Å². The van der Waals surface area contributed by atoms with E-state index in [1.807, 2.05) is 0 Å². The standard InChI is InChI=1S/C13H16ClN3O3/c1-8(18)16-11-3-2-9(6-10(11)14)17-13(19)12-7-15-4-5-20-12/h2-3,6,12,15H,4-5,7H2,1H3,(H,16,18)(H,17,19). The SMILES string of the molecule is CC(=O)Nc1ccc(NC(=O)C2CNCCO2)cc1Cl. The third-order valence-electron chi connectivity index (χ3n) is 2.77. The van der Waals surface area contributed by atoms with Crippen LogP contribution in [0.4, 0.5) is 11.4 Å². The second-order valence-electron chi connectivity index (χ2n) is 4.43. The van der Waals surface area contributed by atoms with Crippen molar-refractivity contribution in [2.45, 2.75) is 13.0 Å². The molecule has 1 heterocycles. The lowest BCUT2D eigenvalue weighted by molar-refractivity contribution is -0.128. The number of anilines is 2. The summed E-state index contributed by atoms with van der Waals surface area (Å²) in [6, 6.07) is 4.89. The smallest absolute Gasteiger partial charge is 0.254 e. The molecule has 2 rings (SSSR count). The van der Waals surface area contributed by atoms with Gasteiger partial charge in [0.15, 0.2) is 0 Å². The van der Waals surface area contributed by atoms with E-state index in [9.17, 15) is 9.59 Å². The maximum Gasteiger partial charge on any atom is 0.254 e. The summed E-state index contributed by atoms with van der Waals surface area (Å²) in [5.41, 5.74) is 1.07. The highest BCUT2D eigenvalue weighted by Crippen LogP contribution is 2.25. The molecule has 1 saturated heterocycles. The van der Waals surface area contributed by atoms with Crippen LogP contribution < -0.4 is 16.0 Å². The van der Waals surface area contributed by atoms with Gasteiger partial charge >= 0.3 is 0 Å². The molecule has 7 heteroatoms. The summed E-state index contributed by atoms with van der Waals surface area (Å²) in [5.74, 6) is -0.425. The molecule has 1 aromatic carbocycles. The number of hydrogen-bond donors (Lipinski definition) is 3. The van der Waals surface area contributed by atoms with Crippen LogP contribution in [-0.4, -0.2) is 37.6 Å². The Balaban J connectivity index is 2.00. The molecular formula is C13H16ClN3O3. The Hall–Kier alpha value is -1.63. The molecule has 6 nitrogen and oxygen atoms in total. The van der Waals surface area contributed by atoms with Crippen LogP contribution in [0.3, 0.4) is 0 Å². The fourth-order valence-electron chi connectivity index (χ4n) is 1.84. The van der Waals surface area contributed by atoms with Crippen LogP contribution in [0, 0.1) is 0 Å². The largest absolute Gasteiger partial charge is 0.366 e. The maximum absolute atomic E-state index is 12.0. The third kappa shape index (κ3) is 3.93.